The molecule has 1 unspecified atom stereocenters. The van der Waals surface area contributed by atoms with Crippen LogP contribution >= 0.6 is 15.9 Å². The highest BCUT2D eigenvalue weighted by Gasteiger charge is 2.17. The van der Waals surface area contributed by atoms with Crippen molar-refractivity contribution < 1.29 is 8.78 Å². The van der Waals surface area contributed by atoms with E-state index in [9.17, 15) is 8.78 Å². The van der Waals surface area contributed by atoms with Crippen LogP contribution < -0.4 is 5.32 Å². The Labute approximate surface area is 126 Å². The summed E-state index contributed by atoms with van der Waals surface area (Å²) in [6, 6.07) is 10.2. The van der Waals surface area contributed by atoms with E-state index < -0.39 is 11.6 Å². The molecule has 0 aliphatic heterocycles. The normalized spacial score (nSPS) is 12.4. The molecule has 0 saturated heterocycles. The minimum absolute atomic E-state index is 0.143. The molecule has 2 aromatic carbocycles. The van der Waals surface area contributed by atoms with E-state index in [0.29, 0.717) is 12.0 Å². The molecule has 2 rings (SSSR count). The van der Waals surface area contributed by atoms with Crippen LogP contribution in [0.4, 0.5) is 8.78 Å². The first-order valence-electron chi connectivity index (χ1n) is 6.38. The van der Waals surface area contributed by atoms with E-state index in [4.69, 9.17) is 0 Å². The first kappa shape index (κ1) is 15.1. The molecule has 1 atom stereocenters. The summed E-state index contributed by atoms with van der Waals surface area (Å²) in [6.07, 6.45) is 0.606. The van der Waals surface area contributed by atoms with Gasteiger partial charge in [-0.25, -0.2) is 8.78 Å². The minimum Gasteiger partial charge on any atom is -0.313 e. The summed E-state index contributed by atoms with van der Waals surface area (Å²) in [5, 5.41) is 3.05. The van der Waals surface area contributed by atoms with Crippen LogP contribution in [0.5, 0.6) is 0 Å². The van der Waals surface area contributed by atoms with Gasteiger partial charge in [-0.1, -0.05) is 29.8 Å². The van der Waals surface area contributed by atoms with Crippen molar-refractivity contribution in [3.05, 3.63) is 69.2 Å². The molecule has 1 nitrogen and oxygen atoms in total. The Bertz CT molecular complexity index is 596. The number of likely N-dealkylation sites (N-methyl/N-ethyl adjacent to an activating group) is 1. The van der Waals surface area contributed by atoms with Crippen LogP contribution in [0.25, 0.3) is 0 Å². The van der Waals surface area contributed by atoms with Crippen molar-refractivity contribution in [3.63, 3.8) is 0 Å². The lowest BCUT2D eigenvalue weighted by Gasteiger charge is -2.18. The molecular formula is C16H16BrF2N. The molecule has 0 spiro atoms. The van der Waals surface area contributed by atoms with E-state index in [-0.39, 0.29) is 10.5 Å². The van der Waals surface area contributed by atoms with Crippen molar-refractivity contribution in [2.45, 2.75) is 19.4 Å². The van der Waals surface area contributed by atoms with Crippen molar-refractivity contribution in [2.75, 3.05) is 7.05 Å². The maximum Gasteiger partial charge on any atom is 0.137 e. The molecule has 0 heterocycles. The second kappa shape index (κ2) is 6.46. The summed E-state index contributed by atoms with van der Waals surface area (Å²) in [6.45, 7) is 2.02. The Morgan fingerprint density at radius 1 is 1.10 bits per heavy atom. The molecule has 0 amide bonds. The van der Waals surface area contributed by atoms with Gasteiger partial charge >= 0.3 is 0 Å². The zero-order valence-electron chi connectivity index (χ0n) is 11.4. The maximum absolute atomic E-state index is 14.0. The third kappa shape index (κ3) is 3.44. The van der Waals surface area contributed by atoms with Gasteiger partial charge in [-0.15, -0.1) is 0 Å². The first-order chi connectivity index (χ1) is 9.51. The van der Waals surface area contributed by atoms with Gasteiger partial charge in [0.25, 0.3) is 0 Å². The quantitative estimate of drug-likeness (QED) is 0.806. The first-order valence-corrected chi connectivity index (χ1v) is 7.18. The molecule has 0 radical (unpaired) electrons. The lowest BCUT2D eigenvalue weighted by Crippen LogP contribution is -2.20. The number of hydrogen-bond donors (Lipinski definition) is 1. The Hall–Kier alpha value is -1.26. The fraction of sp³-hybridized carbons (Fsp3) is 0.250. The Morgan fingerprint density at radius 3 is 2.35 bits per heavy atom. The number of rotatable bonds is 4. The topological polar surface area (TPSA) is 12.0 Å². The van der Waals surface area contributed by atoms with E-state index in [2.05, 4.69) is 21.2 Å². The monoisotopic (exact) mass is 339 g/mol. The SMILES string of the molecule is CNC(Cc1ccc(C)cc1)c1cc(F)c(Br)cc1F. The summed E-state index contributed by atoms with van der Waals surface area (Å²) in [5.41, 5.74) is 2.60. The lowest BCUT2D eigenvalue weighted by molar-refractivity contribution is 0.521. The standard InChI is InChI=1S/C16H16BrF2N/c1-10-3-5-11(6-4-10)7-16(20-2)12-8-15(19)13(17)9-14(12)18/h3-6,8-9,16,20H,7H2,1-2H3. The van der Waals surface area contributed by atoms with Gasteiger partial charge in [0.15, 0.2) is 0 Å². The molecule has 4 heteroatoms. The third-order valence-electron chi connectivity index (χ3n) is 3.32. The molecule has 0 bridgehead atoms. The van der Waals surface area contributed by atoms with Gasteiger partial charge in [0, 0.05) is 11.6 Å². The number of nitrogens with one attached hydrogen (secondary N) is 1. The lowest BCUT2D eigenvalue weighted by atomic mass is 9.98. The smallest absolute Gasteiger partial charge is 0.137 e. The van der Waals surface area contributed by atoms with E-state index in [1.54, 1.807) is 7.05 Å². The summed E-state index contributed by atoms with van der Waals surface area (Å²) < 4.78 is 27.7. The van der Waals surface area contributed by atoms with Crippen molar-refractivity contribution in [1.29, 1.82) is 0 Å². The average molecular weight is 340 g/mol. The van der Waals surface area contributed by atoms with Crippen LogP contribution in [-0.4, -0.2) is 7.05 Å². The fourth-order valence-corrected chi connectivity index (χ4v) is 2.45. The zero-order valence-corrected chi connectivity index (χ0v) is 13.0. The fourth-order valence-electron chi connectivity index (χ4n) is 2.13. The van der Waals surface area contributed by atoms with Crippen molar-refractivity contribution in [3.8, 4) is 0 Å². The van der Waals surface area contributed by atoms with Gasteiger partial charge in [0.2, 0.25) is 0 Å². The van der Waals surface area contributed by atoms with Crippen LogP contribution in [0.3, 0.4) is 0 Å². The van der Waals surface area contributed by atoms with Crippen LogP contribution in [0.15, 0.2) is 40.9 Å². The van der Waals surface area contributed by atoms with Crippen molar-refractivity contribution in [1.82, 2.24) is 5.32 Å². The highest BCUT2D eigenvalue weighted by molar-refractivity contribution is 9.10. The molecule has 0 saturated carbocycles. The molecule has 106 valence electrons. The average Bonchev–Trinajstić information content (AvgIpc) is 2.43. The van der Waals surface area contributed by atoms with Crippen molar-refractivity contribution in [2.24, 2.45) is 0 Å². The Morgan fingerprint density at radius 2 is 1.75 bits per heavy atom. The summed E-state index contributed by atoms with van der Waals surface area (Å²) >= 11 is 2.99. The van der Waals surface area contributed by atoms with E-state index in [1.807, 2.05) is 31.2 Å². The number of hydrogen-bond acceptors (Lipinski definition) is 1. The summed E-state index contributed by atoms with van der Waals surface area (Å²) in [4.78, 5) is 0. The minimum atomic E-state index is -0.453. The summed E-state index contributed by atoms with van der Waals surface area (Å²) in [7, 11) is 1.75. The zero-order chi connectivity index (χ0) is 14.7. The molecule has 1 N–H and O–H groups in total. The van der Waals surface area contributed by atoms with Crippen molar-refractivity contribution >= 4 is 15.9 Å². The molecular weight excluding hydrogens is 324 g/mol. The molecule has 0 aromatic heterocycles. The Balaban J connectivity index is 2.28. The molecule has 20 heavy (non-hydrogen) atoms. The number of aryl methyl sites for hydroxylation is 1. The van der Waals surface area contributed by atoms with Crippen LogP contribution in [0.1, 0.15) is 22.7 Å². The number of benzene rings is 2. The third-order valence-corrected chi connectivity index (χ3v) is 3.93. The predicted octanol–water partition coefficient (Wildman–Crippen LogP) is 4.54. The molecule has 0 aliphatic carbocycles. The van der Waals surface area contributed by atoms with E-state index in [1.165, 1.54) is 17.7 Å². The van der Waals surface area contributed by atoms with Gasteiger partial charge < -0.3 is 5.32 Å². The van der Waals surface area contributed by atoms with E-state index in [0.717, 1.165) is 5.56 Å². The highest BCUT2D eigenvalue weighted by atomic mass is 79.9. The largest absolute Gasteiger partial charge is 0.313 e. The van der Waals surface area contributed by atoms with Crippen LogP contribution in [0, 0.1) is 18.6 Å². The molecule has 0 aliphatic rings. The highest BCUT2D eigenvalue weighted by Crippen LogP contribution is 2.26. The van der Waals surface area contributed by atoms with Gasteiger partial charge in [0.1, 0.15) is 11.6 Å². The van der Waals surface area contributed by atoms with Crippen LogP contribution in [-0.2, 0) is 6.42 Å². The molecule has 2 aromatic rings. The van der Waals surface area contributed by atoms with Crippen LogP contribution in [0.2, 0.25) is 0 Å². The van der Waals surface area contributed by atoms with E-state index >= 15 is 0 Å². The maximum atomic E-state index is 14.0. The molecule has 0 fully saturated rings. The Kier molecular flexibility index (Phi) is 4.89. The number of halogens is 3. The van der Waals surface area contributed by atoms with Gasteiger partial charge in [-0.2, -0.15) is 0 Å². The second-order valence-electron chi connectivity index (χ2n) is 4.82. The second-order valence-corrected chi connectivity index (χ2v) is 5.67. The van der Waals surface area contributed by atoms with Gasteiger partial charge in [-0.3, -0.25) is 0 Å². The summed E-state index contributed by atoms with van der Waals surface area (Å²) in [5.74, 6) is -0.865. The predicted molar refractivity (Wildman–Crippen MR) is 80.7 cm³/mol. The van der Waals surface area contributed by atoms with Gasteiger partial charge in [0.05, 0.1) is 4.47 Å². The van der Waals surface area contributed by atoms with Gasteiger partial charge in [-0.05, 0) is 54.0 Å².